The normalized spacial score (nSPS) is 13.7. The van der Waals surface area contributed by atoms with Crippen LogP contribution in [-0.4, -0.2) is 85.1 Å². The average Bonchev–Trinajstić information content (AvgIpc) is 2.38. The predicted octanol–water partition coefficient (Wildman–Crippen LogP) is 1.89. The molecule has 8 nitrogen and oxygen atoms in total. The fourth-order valence-corrected chi connectivity index (χ4v) is 2.09. The van der Waals surface area contributed by atoms with Crippen LogP contribution in [0.25, 0.3) is 0 Å². The van der Waals surface area contributed by atoms with Crippen molar-refractivity contribution in [3.05, 3.63) is 0 Å². The van der Waals surface area contributed by atoms with Gasteiger partial charge in [0.25, 0.3) is 20.2 Å². The third kappa shape index (κ3) is 17.9. The first-order chi connectivity index (χ1) is 12.8. The smallest absolute Gasteiger partial charge is 0.396 e. The maximum Gasteiger partial charge on any atom is 0.454 e. The van der Waals surface area contributed by atoms with Gasteiger partial charge in [0.2, 0.25) is 0 Å². The maximum atomic E-state index is 11.8. The minimum Gasteiger partial charge on any atom is -0.396 e. The molecule has 0 saturated carbocycles. The van der Waals surface area contributed by atoms with Gasteiger partial charge < -0.3 is 10.2 Å². The van der Waals surface area contributed by atoms with Crippen molar-refractivity contribution in [2.45, 2.75) is 37.0 Å². The van der Waals surface area contributed by atoms with E-state index in [2.05, 4.69) is 0 Å². The summed E-state index contributed by atoms with van der Waals surface area (Å²) in [4.78, 5) is 0. The number of unbranched alkanes of at least 4 members (excludes halogenated alkanes) is 1. The second-order valence-electron chi connectivity index (χ2n) is 5.01. The molecule has 186 valence electrons. The Balaban J connectivity index is -0.000000386. The summed E-state index contributed by atoms with van der Waals surface area (Å²) in [5, 5.41) is 16.2. The van der Waals surface area contributed by atoms with Gasteiger partial charge in [-0.3, -0.25) is 9.11 Å². The quantitative estimate of drug-likeness (QED) is 0.227. The van der Waals surface area contributed by atoms with E-state index in [0.717, 1.165) is 12.8 Å². The average molecular weight is 518 g/mol. The van der Waals surface area contributed by atoms with Crippen LogP contribution in [0.4, 0.5) is 43.9 Å². The summed E-state index contributed by atoms with van der Waals surface area (Å²) in [5.41, 5.74) is 0. The summed E-state index contributed by atoms with van der Waals surface area (Å²) in [6.07, 6.45) is -10.5. The molecule has 0 radical (unpaired) electrons. The largest absolute Gasteiger partial charge is 0.454 e. The van der Waals surface area contributed by atoms with Crippen LogP contribution >= 0.6 is 0 Å². The SMILES string of the molecule is O=S(=O)(O)CC(F)(F)C(F)(F)F.O=S(=O)(O)CC(F)(F)C(F)(F)F.OCCCCO. The number of halogens is 10. The van der Waals surface area contributed by atoms with Gasteiger partial charge in [0.15, 0.2) is 0 Å². The molecule has 0 aliphatic carbocycles. The van der Waals surface area contributed by atoms with Crippen LogP contribution in [0.5, 0.6) is 0 Å². The Labute approximate surface area is 163 Å². The molecule has 0 saturated heterocycles. The molecule has 0 rings (SSSR count). The lowest BCUT2D eigenvalue weighted by Crippen LogP contribution is -2.42. The molecular weight excluding hydrogens is 502 g/mol. The number of hydrogen-bond acceptors (Lipinski definition) is 6. The molecule has 0 aliphatic rings. The molecule has 0 unspecified atom stereocenters. The highest BCUT2D eigenvalue weighted by Crippen LogP contribution is 2.36. The monoisotopic (exact) mass is 518 g/mol. The first-order valence-corrected chi connectivity index (χ1v) is 10.1. The van der Waals surface area contributed by atoms with E-state index in [1.807, 2.05) is 0 Å². The van der Waals surface area contributed by atoms with E-state index in [1.54, 1.807) is 0 Å². The van der Waals surface area contributed by atoms with Crippen LogP contribution in [0.2, 0.25) is 0 Å². The lowest BCUT2D eigenvalue weighted by atomic mass is 10.3. The first-order valence-electron chi connectivity index (χ1n) is 6.84. The Morgan fingerprint density at radius 2 is 0.733 bits per heavy atom. The van der Waals surface area contributed by atoms with Crippen molar-refractivity contribution in [1.29, 1.82) is 0 Å². The van der Waals surface area contributed by atoms with Gasteiger partial charge in [0.1, 0.15) is 11.5 Å². The number of rotatable bonds is 7. The highest BCUT2D eigenvalue weighted by atomic mass is 32.2. The van der Waals surface area contributed by atoms with Crippen molar-refractivity contribution in [2.75, 3.05) is 24.7 Å². The van der Waals surface area contributed by atoms with Crippen LogP contribution in [0.1, 0.15) is 12.8 Å². The van der Waals surface area contributed by atoms with Gasteiger partial charge in [-0.1, -0.05) is 0 Å². The van der Waals surface area contributed by atoms with Crippen molar-refractivity contribution >= 4 is 20.2 Å². The van der Waals surface area contributed by atoms with E-state index < -0.39 is 55.9 Å². The second-order valence-corrected chi connectivity index (χ2v) is 7.92. The van der Waals surface area contributed by atoms with E-state index in [0.29, 0.717) is 0 Å². The zero-order valence-corrected chi connectivity index (χ0v) is 15.9. The molecule has 0 aromatic rings. The number of aliphatic hydroxyl groups is 2. The van der Waals surface area contributed by atoms with Gasteiger partial charge in [-0.2, -0.15) is 60.7 Å². The van der Waals surface area contributed by atoms with Gasteiger partial charge in [-0.05, 0) is 12.8 Å². The number of alkyl halides is 10. The Hall–Kier alpha value is -0.960. The molecule has 4 N–H and O–H groups in total. The van der Waals surface area contributed by atoms with Gasteiger partial charge in [-0.25, -0.2) is 0 Å². The highest BCUT2D eigenvalue weighted by Gasteiger charge is 2.60. The van der Waals surface area contributed by atoms with Crippen LogP contribution in [0.15, 0.2) is 0 Å². The topological polar surface area (TPSA) is 149 Å². The zero-order chi connectivity index (χ0) is 25.2. The zero-order valence-electron chi connectivity index (χ0n) is 14.3. The molecule has 0 aromatic carbocycles. The minimum atomic E-state index is -5.97. The third-order valence-electron chi connectivity index (χ3n) is 2.12. The van der Waals surface area contributed by atoms with Crippen molar-refractivity contribution in [2.24, 2.45) is 0 Å². The van der Waals surface area contributed by atoms with Crippen molar-refractivity contribution in [3.8, 4) is 0 Å². The van der Waals surface area contributed by atoms with Crippen molar-refractivity contribution in [1.82, 2.24) is 0 Å². The Morgan fingerprint density at radius 3 is 0.800 bits per heavy atom. The molecular formula is C10H16F10O8S2. The third-order valence-corrected chi connectivity index (χ3v) is 3.58. The molecule has 0 aromatic heterocycles. The van der Waals surface area contributed by atoms with E-state index in [-0.39, 0.29) is 13.2 Å². The summed E-state index contributed by atoms with van der Waals surface area (Å²) in [7, 11) is -10.7. The van der Waals surface area contributed by atoms with Crippen LogP contribution in [0.3, 0.4) is 0 Å². The molecule has 0 aliphatic heterocycles. The molecule has 0 spiro atoms. The lowest BCUT2D eigenvalue weighted by molar-refractivity contribution is -0.271. The van der Waals surface area contributed by atoms with Crippen LogP contribution in [-0.2, 0) is 20.2 Å². The van der Waals surface area contributed by atoms with Crippen molar-refractivity contribution < 1.29 is 80.1 Å². The highest BCUT2D eigenvalue weighted by molar-refractivity contribution is 7.86. The van der Waals surface area contributed by atoms with E-state index >= 15 is 0 Å². The van der Waals surface area contributed by atoms with Gasteiger partial charge >= 0.3 is 24.2 Å². The first kappa shape index (κ1) is 33.7. The van der Waals surface area contributed by atoms with Crippen LogP contribution < -0.4 is 0 Å². The van der Waals surface area contributed by atoms with E-state index in [4.69, 9.17) is 19.3 Å². The summed E-state index contributed by atoms with van der Waals surface area (Å²) in [6, 6.07) is 0. The molecule has 0 heterocycles. The molecule has 20 heteroatoms. The molecule has 0 atom stereocenters. The van der Waals surface area contributed by atoms with E-state index in [1.165, 1.54) is 0 Å². The Bertz CT molecular complexity index is 625. The van der Waals surface area contributed by atoms with Gasteiger partial charge in [0, 0.05) is 13.2 Å². The Kier molecular flexibility index (Phi) is 13.7. The minimum absolute atomic E-state index is 0.195. The van der Waals surface area contributed by atoms with Gasteiger partial charge in [-0.15, -0.1) is 0 Å². The fraction of sp³-hybridized carbons (Fsp3) is 1.00. The molecule has 0 fully saturated rings. The lowest BCUT2D eigenvalue weighted by Gasteiger charge is -2.17. The summed E-state index contributed by atoms with van der Waals surface area (Å²) < 4.78 is 169. The van der Waals surface area contributed by atoms with E-state index in [9.17, 15) is 60.7 Å². The summed E-state index contributed by atoms with van der Waals surface area (Å²) in [6.45, 7) is 0.390. The summed E-state index contributed by atoms with van der Waals surface area (Å²) in [5.74, 6) is -16.1. The number of hydrogen-bond donors (Lipinski definition) is 4. The standard InChI is InChI=1S/C4H10O2.2C3H3F5O3S/c5-3-1-2-4-6;2*4-2(5,3(6,7)8)1-12(9,10)11/h5-6H,1-4H2;2*1H2,(H,9,10,11). The molecule has 30 heavy (non-hydrogen) atoms. The Morgan fingerprint density at radius 1 is 0.533 bits per heavy atom. The number of aliphatic hydroxyl groups excluding tert-OH is 2. The molecule has 0 bridgehead atoms. The maximum absolute atomic E-state index is 11.8. The van der Waals surface area contributed by atoms with Crippen LogP contribution in [0, 0.1) is 0 Å². The van der Waals surface area contributed by atoms with Gasteiger partial charge in [0.05, 0.1) is 0 Å². The summed E-state index contributed by atoms with van der Waals surface area (Å²) >= 11 is 0. The second kappa shape index (κ2) is 12.2. The van der Waals surface area contributed by atoms with Crippen molar-refractivity contribution in [3.63, 3.8) is 0 Å². The molecule has 0 amide bonds. The predicted molar refractivity (Wildman–Crippen MR) is 78.2 cm³/mol. The fourth-order valence-electron chi connectivity index (χ4n) is 0.845.